The second-order valence-electron chi connectivity index (χ2n) is 2.48. The molecular weight excluding hydrogens is 198 g/mol. The molecule has 0 saturated carbocycles. The van der Waals surface area contributed by atoms with E-state index < -0.39 is 5.97 Å². The molecule has 1 aromatic rings. The van der Waals surface area contributed by atoms with Crippen molar-refractivity contribution in [1.29, 1.82) is 0 Å². The summed E-state index contributed by atoms with van der Waals surface area (Å²) in [6.45, 7) is 0.288. The summed E-state index contributed by atoms with van der Waals surface area (Å²) in [4.78, 5) is 13.0. The minimum atomic E-state index is -1.13. The third kappa shape index (κ3) is 3.46. The van der Waals surface area contributed by atoms with Gasteiger partial charge >= 0.3 is 5.97 Å². The number of azide groups is 1. The monoisotopic (exact) mass is 205 g/mol. The van der Waals surface area contributed by atoms with Crippen LogP contribution in [0.15, 0.2) is 21.7 Å². The number of carboxylic acids is 1. The van der Waals surface area contributed by atoms with Crippen molar-refractivity contribution in [2.45, 2.75) is 6.42 Å². The maximum atomic E-state index is 10.4. The molecule has 1 heterocycles. The summed E-state index contributed by atoms with van der Waals surface area (Å²) < 4.78 is 4.88. The van der Waals surface area contributed by atoms with E-state index in [4.69, 9.17) is 15.1 Å². The predicted molar refractivity (Wildman–Crippen MR) is 51.2 cm³/mol. The Labute approximate surface area is 85.1 Å². The number of furan rings is 1. The highest BCUT2D eigenvalue weighted by Gasteiger charge is 2.06. The van der Waals surface area contributed by atoms with Crippen LogP contribution in [0.25, 0.3) is 10.4 Å². The molecule has 76 valence electrons. The van der Waals surface area contributed by atoms with Gasteiger partial charge < -0.3 is 9.52 Å². The van der Waals surface area contributed by atoms with Crippen LogP contribution >= 0.6 is 0 Å². The van der Waals surface area contributed by atoms with Gasteiger partial charge in [-0.05, 0) is 23.6 Å². The Hall–Kier alpha value is -2.38. The Morgan fingerprint density at radius 1 is 1.67 bits per heavy atom. The maximum absolute atomic E-state index is 10.4. The van der Waals surface area contributed by atoms with Crippen LogP contribution in [0.5, 0.6) is 0 Å². The fourth-order valence-corrected chi connectivity index (χ4v) is 0.820. The quantitative estimate of drug-likeness (QED) is 0.268. The molecule has 6 heteroatoms. The molecule has 0 saturated heterocycles. The lowest BCUT2D eigenvalue weighted by Gasteiger charge is -1.83. The van der Waals surface area contributed by atoms with E-state index >= 15 is 0 Å². The Morgan fingerprint density at radius 3 is 3.07 bits per heavy atom. The molecule has 0 aliphatic rings. The molecule has 6 nitrogen and oxygen atoms in total. The number of carboxylic acid groups (broad SMARTS) is 1. The number of rotatable bonds is 3. The molecule has 0 radical (unpaired) electrons. The summed E-state index contributed by atoms with van der Waals surface area (Å²) in [6.07, 6.45) is 0.410. The second-order valence-corrected chi connectivity index (χ2v) is 2.48. The molecule has 15 heavy (non-hydrogen) atoms. The van der Waals surface area contributed by atoms with Crippen LogP contribution in [0.3, 0.4) is 0 Å². The lowest BCUT2D eigenvalue weighted by atomic mass is 10.4. The van der Waals surface area contributed by atoms with E-state index in [0.717, 1.165) is 0 Å². The standard InChI is InChI=1S/C9H7N3O3/c10-12-11-6-2-1-3-7-4-5-8(15-7)9(13)14/h4-5H,2,6H2,(H,13,14). The average Bonchev–Trinajstić information content (AvgIpc) is 2.66. The van der Waals surface area contributed by atoms with Gasteiger partial charge in [0.05, 0.1) is 0 Å². The zero-order valence-electron chi connectivity index (χ0n) is 7.67. The Bertz CT molecular complexity index is 460. The molecule has 0 aromatic carbocycles. The van der Waals surface area contributed by atoms with E-state index in [1.54, 1.807) is 0 Å². The van der Waals surface area contributed by atoms with E-state index in [1.165, 1.54) is 12.1 Å². The van der Waals surface area contributed by atoms with Crippen molar-refractivity contribution in [3.05, 3.63) is 34.1 Å². The third-order valence-corrected chi connectivity index (χ3v) is 1.43. The minimum absolute atomic E-state index is 0.144. The van der Waals surface area contributed by atoms with Gasteiger partial charge in [-0.15, -0.1) is 0 Å². The molecule has 0 spiro atoms. The van der Waals surface area contributed by atoms with Gasteiger partial charge in [0.1, 0.15) is 0 Å². The van der Waals surface area contributed by atoms with Crippen LogP contribution in [0, 0.1) is 11.8 Å². The fourth-order valence-electron chi connectivity index (χ4n) is 0.820. The van der Waals surface area contributed by atoms with Crippen molar-refractivity contribution in [3.8, 4) is 11.8 Å². The first-order chi connectivity index (χ1) is 7.24. The van der Waals surface area contributed by atoms with Gasteiger partial charge in [-0.3, -0.25) is 0 Å². The van der Waals surface area contributed by atoms with Gasteiger partial charge in [0.25, 0.3) is 0 Å². The lowest BCUT2D eigenvalue weighted by molar-refractivity contribution is 0.0662. The number of aromatic carboxylic acids is 1. The van der Waals surface area contributed by atoms with Crippen LogP contribution in [-0.4, -0.2) is 17.6 Å². The van der Waals surface area contributed by atoms with E-state index in [-0.39, 0.29) is 18.1 Å². The topological polar surface area (TPSA) is 99.2 Å². The Morgan fingerprint density at radius 2 is 2.47 bits per heavy atom. The van der Waals surface area contributed by atoms with Crippen LogP contribution in [0.1, 0.15) is 22.7 Å². The minimum Gasteiger partial charge on any atom is -0.475 e. The zero-order valence-corrected chi connectivity index (χ0v) is 7.67. The highest BCUT2D eigenvalue weighted by atomic mass is 16.4. The van der Waals surface area contributed by atoms with Crippen molar-refractivity contribution in [2.24, 2.45) is 5.11 Å². The molecular formula is C9H7N3O3. The molecule has 0 bridgehead atoms. The van der Waals surface area contributed by atoms with Gasteiger partial charge in [0.15, 0.2) is 5.76 Å². The highest BCUT2D eigenvalue weighted by Crippen LogP contribution is 2.05. The van der Waals surface area contributed by atoms with Gasteiger partial charge in [-0.25, -0.2) is 4.79 Å². The smallest absolute Gasteiger partial charge is 0.371 e. The normalized spacial score (nSPS) is 8.53. The van der Waals surface area contributed by atoms with E-state index in [1.807, 2.05) is 0 Å². The van der Waals surface area contributed by atoms with Crippen molar-refractivity contribution in [2.75, 3.05) is 6.54 Å². The first-order valence-electron chi connectivity index (χ1n) is 4.07. The van der Waals surface area contributed by atoms with Gasteiger partial charge in [0.2, 0.25) is 5.76 Å². The molecule has 0 fully saturated rings. The molecule has 1 N–H and O–H groups in total. The van der Waals surface area contributed by atoms with E-state index in [0.29, 0.717) is 6.42 Å². The summed E-state index contributed by atoms with van der Waals surface area (Å²) in [6, 6.07) is 2.81. The van der Waals surface area contributed by atoms with Crippen molar-refractivity contribution in [1.82, 2.24) is 0 Å². The molecule has 0 aliphatic heterocycles. The van der Waals surface area contributed by atoms with Crippen LogP contribution in [-0.2, 0) is 0 Å². The first kappa shape index (κ1) is 10.7. The predicted octanol–water partition coefficient (Wildman–Crippen LogP) is 2.03. The van der Waals surface area contributed by atoms with Crippen LogP contribution in [0.4, 0.5) is 0 Å². The van der Waals surface area contributed by atoms with Crippen LogP contribution in [0.2, 0.25) is 0 Å². The van der Waals surface area contributed by atoms with E-state index in [2.05, 4.69) is 21.9 Å². The van der Waals surface area contributed by atoms with Crippen molar-refractivity contribution >= 4 is 5.97 Å². The Balaban J connectivity index is 2.56. The summed E-state index contributed by atoms with van der Waals surface area (Å²) in [5.74, 6) is 4.32. The second kappa shape index (κ2) is 5.37. The van der Waals surface area contributed by atoms with Crippen LogP contribution < -0.4 is 0 Å². The largest absolute Gasteiger partial charge is 0.475 e. The molecule has 0 atom stereocenters. The Kier molecular flexibility index (Phi) is 3.83. The van der Waals surface area contributed by atoms with Gasteiger partial charge in [0, 0.05) is 17.9 Å². The number of nitrogens with zero attached hydrogens (tertiary/aromatic N) is 3. The van der Waals surface area contributed by atoms with Gasteiger partial charge in [-0.2, -0.15) is 0 Å². The highest BCUT2D eigenvalue weighted by molar-refractivity contribution is 5.84. The molecule has 1 aromatic heterocycles. The first-order valence-corrected chi connectivity index (χ1v) is 4.07. The molecule has 0 unspecified atom stereocenters. The number of hydrogen-bond acceptors (Lipinski definition) is 3. The van der Waals surface area contributed by atoms with Gasteiger partial charge in [-0.1, -0.05) is 11.0 Å². The summed E-state index contributed by atoms with van der Waals surface area (Å²) in [7, 11) is 0. The molecule has 1 rings (SSSR count). The van der Waals surface area contributed by atoms with Crippen molar-refractivity contribution < 1.29 is 14.3 Å². The maximum Gasteiger partial charge on any atom is 0.371 e. The van der Waals surface area contributed by atoms with E-state index in [9.17, 15) is 4.79 Å². The number of hydrogen-bond donors (Lipinski definition) is 1. The lowest BCUT2D eigenvalue weighted by Crippen LogP contribution is -1.91. The summed E-state index contributed by atoms with van der Waals surface area (Å²) >= 11 is 0. The number of carbonyl (C=O) groups is 1. The molecule has 0 aliphatic carbocycles. The fraction of sp³-hybridized carbons (Fsp3) is 0.222. The SMILES string of the molecule is [N-]=[N+]=NCCC#Cc1ccc(C(=O)O)o1. The summed E-state index contributed by atoms with van der Waals surface area (Å²) in [5, 5.41) is 11.8. The molecule has 0 amide bonds. The van der Waals surface area contributed by atoms with Crippen molar-refractivity contribution in [3.63, 3.8) is 0 Å². The average molecular weight is 205 g/mol. The zero-order chi connectivity index (χ0) is 11.1. The summed E-state index contributed by atoms with van der Waals surface area (Å²) in [5.41, 5.74) is 7.97. The third-order valence-electron chi connectivity index (χ3n) is 1.43.